The first kappa shape index (κ1) is 19.6. The van der Waals surface area contributed by atoms with Crippen LogP contribution >= 0.6 is 11.3 Å². The molecule has 3 rings (SSSR count). The molecule has 5 nitrogen and oxygen atoms in total. The zero-order valence-corrected chi connectivity index (χ0v) is 15.4. The van der Waals surface area contributed by atoms with Crippen molar-refractivity contribution >= 4 is 17.2 Å². The van der Waals surface area contributed by atoms with Crippen LogP contribution in [0, 0.1) is 12.8 Å². The second-order valence-electron chi connectivity index (χ2n) is 6.62. The minimum absolute atomic E-state index is 0.0510. The first-order chi connectivity index (χ1) is 12.7. The van der Waals surface area contributed by atoms with Crippen LogP contribution in [0.15, 0.2) is 29.6 Å². The summed E-state index contributed by atoms with van der Waals surface area (Å²) in [5.41, 5.74) is -1.95. The average molecular weight is 400 g/mol. The van der Waals surface area contributed by atoms with Gasteiger partial charge in [0, 0.05) is 23.5 Å². The number of benzene rings is 1. The topological polar surface area (TPSA) is 71.5 Å². The Balaban J connectivity index is 1.62. The lowest BCUT2D eigenvalue weighted by atomic mass is 9.96. The summed E-state index contributed by atoms with van der Waals surface area (Å²) in [6, 6.07) is 7.50. The third-order valence-electron chi connectivity index (χ3n) is 4.40. The Labute approximate surface area is 158 Å². The van der Waals surface area contributed by atoms with Gasteiger partial charge < -0.3 is 15.2 Å². The van der Waals surface area contributed by atoms with E-state index in [0.29, 0.717) is 30.1 Å². The third kappa shape index (κ3) is 4.24. The Kier molecular flexibility index (Phi) is 5.43. The number of carbonyl (C=O) groups is 1. The predicted octanol–water partition coefficient (Wildman–Crippen LogP) is 2.96. The molecule has 2 aromatic rings. The van der Waals surface area contributed by atoms with Crippen LogP contribution in [0.1, 0.15) is 22.7 Å². The Hall–Kier alpha value is -2.13. The smallest absolute Gasteiger partial charge is 0.424 e. The molecule has 0 fully saturated rings. The van der Waals surface area contributed by atoms with Crippen molar-refractivity contribution in [1.29, 1.82) is 0 Å². The van der Waals surface area contributed by atoms with Crippen LogP contribution in [-0.4, -0.2) is 35.3 Å². The summed E-state index contributed by atoms with van der Waals surface area (Å²) in [6.07, 6.45) is -5.49. The zero-order valence-electron chi connectivity index (χ0n) is 14.5. The van der Waals surface area contributed by atoms with Gasteiger partial charge >= 0.3 is 6.18 Å². The predicted molar refractivity (Wildman–Crippen MR) is 93.6 cm³/mol. The summed E-state index contributed by atoms with van der Waals surface area (Å²) in [5, 5.41) is 13.6. The van der Waals surface area contributed by atoms with Gasteiger partial charge in [0.05, 0.1) is 13.0 Å². The van der Waals surface area contributed by atoms with Crippen LogP contribution in [0.5, 0.6) is 5.75 Å². The van der Waals surface area contributed by atoms with Crippen molar-refractivity contribution in [2.75, 3.05) is 13.2 Å². The molecular weight excluding hydrogens is 381 g/mol. The van der Waals surface area contributed by atoms with Gasteiger partial charge in [-0.2, -0.15) is 13.2 Å². The van der Waals surface area contributed by atoms with Gasteiger partial charge in [0.15, 0.2) is 0 Å². The Morgan fingerprint density at radius 3 is 2.81 bits per heavy atom. The van der Waals surface area contributed by atoms with E-state index < -0.39 is 29.1 Å². The molecule has 0 unspecified atom stereocenters. The Morgan fingerprint density at radius 2 is 2.15 bits per heavy atom. The van der Waals surface area contributed by atoms with Gasteiger partial charge in [-0.25, -0.2) is 4.98 Å². The quantitative estimate of drug-likeness (QED) is 0.810. The van der Waals surface area contributed by atoms with E-state index in [0.717, 1.165) is 11.3 Å². The van der Waals surface area contributed by atoms with Crippen LogP contribution in [-0.2, 0) is 16.8 Å². The molecule has 0 saturated heterocycles. The molecule has 0 saturated carbocycles. The number of halogens is 3. The van der Waals surface area contributed by atoms with Crippen LogP contribution < -0.4 is 10.1 Å². The normalized spacial score (nSPS) is 18.9. The monoisotopic (exact) mass is 400 g/mol. The second-order valence-corrected chi connectivity index (χ2v) is 7.48. The minimum Gasteiger partial charge on any atom is -0.493 e. The summed E-state index contributed by atoms with van der Waals surface area (Å²) < 4.78 is 45.9. The summed E-state index contributed by atoms with van der Waals surface area (Å²) in [7, 11) is 0. The highest BCUT2D eigenvalue weighted by Gasteiger charge is 2.58. The number of nitrogens with zero attached hydrogens (tertiary/aromatic N) is 1. The lowest BCUT2D eigenvalue weighted by Crippen LogP contribution is -2.47. The maximum Gasteiger partial charge on any atom is 0.424 e. The highest BCUT2D eigenvalue weighted by Crippen LogP contribution is 2.42. The number of aromatic nitrogens is 1. The summed E-state index contributed by atoms with van der Waals surface area (Å²) in [5.74, 6) is -0.155. The van der Waals surface area contributed by atoms with Gasteiger partial charge in [-0.3, -0.25) is 4.79 Å². The molecule has 1 aromatic carbocycles. The van der Waals surface area contributed by atoms with E-state index in [4.69, 9.17) is 4.74 Å². The lowest BCUT2D eigenvalue weighted by Gasteiger charge is -2.29. The van der Waals surface area contributed by atoms with Crippen LogP contribution in [0.3, 0.4) is 0 Å². The molecule has 1 aliphatic rings. The molecule has 2 atom stereocenters. The van der Waals surface area contributed by atoms with E-state index in [1.165, 1.54) is 12.3 Å². The van der Waals surface area contributed by atoms with Crippen LogP contribution in [0.25, 0.3) is 0 Å². The number of nitrogens with one attached hydrogen (secondary N) is 1. The van der Waals surface area contributed by atoms with Gasteiger partial charge in [-0.1, -0.05) is 18.2 Å². The van der Waals surface area contributed by atoms with Crippen molar-refractivity contribution in [3.05, 3.63) is 45.9 Å². The van der Waals surface area contributed by atoms with Gasteiger partial charge in [-0.15, -0.1) is 11.3 Å². The van der Waals surface area contributed by atoms with Crippen molar-refractivity contribution in [1.82, 2.24) is 10.3 Å². The highest BCUT2D eigenvalue weighted by molar-refractivity contribution is 7.09. The Morgan fingerprint density at radius 1 is 1.41 bits per heavy atom. The highest BCUT2D eigenvalue weighted by atomic mass is 32.1. The number of carbonyl (C=O) groups excluding carboxylic acids is 1. The number of fused-ring (bicyclic) bond motifs is 1. The number of hydrogen-bond donors (Lipinski definition) is 2. The standard InChI is InChI=1S/C18H19F3N2O3S/c1-11-10-27-16(23-11)17(25,18(19,20)21)7-15(24)22-8-12-6-13-4-2-3-5-14(13)26-9-12/h2-5,10,12,25H,6-9H2,1H3,(H,22,24)/t12-,17-/m0/s1. The second kappa shape index (κ2) is 7.47. The van der Waals surface area contributed by atoms with Gasteiger partial charge in [0.25, 0.3) is 0 Å². The van der Waals surface area contributed by atoms with Gasteiger partial charge in [0.2, 0.25) is 11.5 Å². The number of thiazole rings is 1. The van der Waals surface area contributed by atoms with Crippen molar-refractivity contribution in [2.24, 2.45) is 5.92 Å². The first-order valence-electron chi connectivity index (χ1n) is 8.38. The number of hydrogen-bond acceptors (Lipinski definition) is 5. The number of aryl methyl sites for hydroxylation is 1. The number of para-hydroxylation sites is 1. The van der Waals surface area contributed by atoms with Crippen LogP contribution in [0.2, 0.25) is 0 Å². The van der Waals surface area contributed by atoms with Crippen molar-refractivity contribution in [3.8, 4) is 5.75 Å². The number of ether oxygens (including phenoxy) is 1. The lowest BCUT2D eigenvalue weighted by molar-refractivity contribution is -0.267. The summed E-state index contributed by atoms with van der Waals surface area (Å²) >= 11 is 0.683. The first-order valence-corrected chi connectivity index (χ1v) is 9.26. The van der Waals surface area contributed by atoms with Gasteiger partial charge in [-0.05, 0) is 25.0 Å². The largest absolute Gasteiger partial charge is 0.493 e. The molecule has 1 aromatic heterocycles. The molecule has 0 bridgehead atoms. The van der Waals surface area contributed by atoms with E-state index >= 15 is 0 Å². The molecular formula is C18H19F3N2O3S. The molecule has 146 valence electrons. The molecule has 1 aliphatic heterocycles. The minimum atomic E-state index is -5.01. The summed E-state index contributed by atoms with van der Waals surface area (Å²) in [4.78, 5) is 15.9. The number of amides is 1. The van der Waals surface area contributed by atoms with Gasteiger partial charge in [0.1, 0.15) is 10.8 Å². The SMILES string of the molecule is Cc1csc([C@@](O)(CC(=O)NC[C@H]2COc3ccccc3C2)C(F)(F)F)n1. The zero-order chi connectivity index (χ0) is 19.7. The van der Waals surface area contributed by atoms with E-state index in [1.807, 2.05) is 24.3 Å². The number of aliphatic hydroxyl groups is 1. The molecule has 0 aliphatic carbocycles. The molecule has 9 heteroatoms. The molecule has 0 spiro atoms. The third-order valence-corrected chi connectivity index (χ3v) is 5.51. The molecule has 27 heavy (non-hydrogen) atoms. The molecule has 2 N–H and O–H groups in total. The molecule has 0 radical (unpaired) electrons. The fourth-order valence-electron chi connectivity index (χ4n) is 2.92. The van der Waals surface area contributed by atoms with E-state index in [1.54, 1.807) is 0 Å². The van der Waals surface area contributed by atoms with E-state index in [2.05, 4.69) is 10.3 Å². The average Bonchev–Trinajstić information content (AvgIpc) is 3.05. The number of rotatable bonds is 5. The van der Waals surface area contributed by atoms with E-state index in [-0.39, 0.29) is 12.5 Å². The molecule has 2 heterocycles. The maximum atomic E-state index is 13.4. The number of alkyl halides is 3. The van der Waals surface area contributed by atoms with Crippen molar-refractivity contribution in [3.63, 3.8) is 0 Å². The van der Waals surface area contributed by atoms with Crippen molar-refractivity contribution < 1.29 is 27.8 Å². The Bertz CT molecular complexity index is 824. The van der Waals surface area contributed by atoms with E-state index in [9.17, 15) is 23.1 Å². The molecule has 1 amide bonds. The maximum absolute atomic E-state index is 13.4. The summed E-state index contributed by atoms with van der Waals surface area (Å²) in [6.45, 7) is 2.06. The van der Waals surface area contributed by atoms with Crippen molar-refractivity contribution in [2.45, 2.75) is 31.5 Å². The van der Waals surface area contributed by atoms with Crippen LogP contribution in [0.4, 0.5) is 13.2 Å². The fourth-order valence-corrected chi connectivity index (χ4v) is 3.83. The fraction of sp³-hybridized carbons (Fsp3) is 0.444.